The number of nitrogens with one attached hydrogen (secondary N) is 1. The van der Waals surface area contributed by atoms with E-state index in [2.05, 4.69) is 26.2 Å². The van der Waals surface area contributed by atoms with Crippen molar-refractivity contribution in [3.63, 3.8) is 0 Å². The van der Waals surface area contributed by atoms with Crippen molar-refractivity contribution in [3.8, 4) is 0 Å². The van der Waals surface area contributed by atoms with Crippen molar-refractivity contribution in [2.24, 2.45) is 5.92 Å². The Morgan fingerprint density at radius 1 is 1.25 bits per heavy atom. The van der Waals surface area contributed by atoms with Gasteiger partial charge in [-0.2, -0.15) is 0 Å². The molecule has 2 heterocycles. The van der Waals surface area contributed by atoms with Crippen molar-refractivity contribution in [1.82, 2.24) is 5.32 Å². The smallest absolute Gasteiger partial charge is 0.0744 e. The van der Waals surface area contributed by atoms with Crippen molar-refractivity contribution >= 4 is 0 Å². The molecular formula is C13H25NO2. The number of rotatable bonds is 2. The van der Waals surface area contributed by atoms with Gasteiger partial charge in [-0.05, 0) is 32.2 Å². The average Bonchev–Trinajstić information content (AvgIpc) is 2.29. The molecule has 3 unspecified atom stereocenters. The second-order valence-corrected chi connectivity index (χ2v) is 5.62. The van der Waals surface area contributed by atoms with Gasteiger partial charge in [0, 0.05) is 25.7 Å². The van der Waals surface area contributed by atoms with E-state index in [9.17, 15) is 0 Å². The molecule has 2 fully saturated rings. The van der Waals surface area contributed by atoms with E-state index in [0.29, 0.717) is 18.1 Å². The standard InChI is InChI=1S/C13H25NO2/c1-10(2)12-9-13(5-7-15-12)8-11(14-3)4-6-16-13/h10-12,14H,4-9H2,1-3H3. The second-order valence-electron chi connectivity index (χ2n) is 5.62. The molecule has 0 aromatic rings. The van der Waals surface area contributed by atoms with Gasteiger partial charge in [-0.3, -0.25) is 0 Å². The lowest BCUT2D eigenvalue weighted by atomic mass is 9.79. The van der Waals surface area contributed by atoms with Gasteiger partial charge in [0.25, 0.3) is 0 Å². The lowest BCUT2D eigenvalue weighted by molar-refractivity contribution is -0.170. The molecule has 2 aliphatic heterocycles. The molecule has 2 rings (SSSR count). The fraction of sp³-hybridized carbons (Fsp3) is 1.00. The summed E-state index contributed by atoms with van der Waals surface area (Å²) in [5.41, 5.74) is 0.0963. The summed E-state index contributed by atoms with van der Waals surface area (Å²) >= 11 is 0. The van der Waals surface area contributed by atoms with Crippen molar-refractivity contribution in [3.05, 3.63) is 0 Å². The van der Waals surface area contributed by atoms with E-state index in [-0.39, 0.29) is 5.60 Å². The molecule has 0 radical (unpaired) electrons. The Kier molecular flexibility index (Phi) is 3.88. The Balaban J connectivity index is 2.00. The van der Waals surface area contributed by atoms with E-state index >= 15 is 0 Å². The van der Waals surface area contributed by atoms with Crippen LogP contribution in [-0.4, -0.2) is 38.0 Å². The maximum absolute atomic E-state index is 6.10. The zero-order chi connectivity index (χ0) is 11.6. The van der Waals surface area contributed by atoms with Gasteiger partial charge in [0.2, 0.25) is 0 Å². The largest absolute Gasteiger partial charge is 0.378 e. The summed E-state index contributed by atoms with van der Waals surface area (Å²) in [6, 6.07) is 0.625. The first-order valence-electron chi connectivity index (χ1n) is 6.58. The molecular weight excluding hydrogens is 202 g/mol. The normalized spacial score (nSPS) is 40.5. The van der Waals surface area contributed by atoms with Crippen molar-refractivity contribution in [2.45, 2.75) is 57.3 Å². The quantitative estimate of drug-likeness (QED) is 0.782. The summed E-state index contributed by atoms with van der Waals surface area (Å²) in [7, 11) is 2.06. The van der Waals surface area contributed by atoms with E-state index < -0.39 is 0 Å². The van der Waals surface area contributed by atoms with Gasteiger partial charge in [0.15, 0.2) is 0 Å². The maximum atomic E-state index is 6.10. The predicted molar refractivity (Wildman–Crippen MR) is 64.6 cm³/mol. The Morgan fingerprint density at radius 2 is 2.06 bits per heavy atom. The van der Waals surface area contributed by atoms with Crippen LogP contribution in [0.3, 0.4) is 0 Å². The first-order valence-corrected chi connectivity index (χ1v) is 6.58. The van der Waals surface area contributed by atoms with E-state index in [0.717, 1.165) is 38.9 Å². The van der Waals surface area contributed by atoms with Crippen LogP contribution in [0.2, 0.25) is 0 Å². The monoisotopic (exact) mass is 227 g/mol. The van der Waals surface area contributed by atoms with Gasteiger partial charge in [0.05, 0.1) is 11.7 Å². The van der Waals surface area contributed by atoms with Crippen LogP contribution in [-0.2, 0) is 9.47 Å². The molecule has 2 aliphatic rings. The SMILES string of the molecule is CNC1CCOC2(CCOC(C(C)C)C2)C1. The predicted octanol–water partition coefficient (Wildman–Crippen LogP) is 1.96. The zero-order valence-corrected chi connectivity index (χ0v) is 10.8. The zero-order valence-electron chi connectivity index (χ0n) is 10.8. The fourth-order valence-electron chi connectivity index (χ4n) is 2.94. The van der Waals surface area contributed by atoms with Gasteiger partial charge in [-0.1, -0.05) is 13.8 Å². The topological polar surface area (TPSA) is 30.5 Å². The first kappa shape index (κ1) is 12.3. The van der Waals surface area contributed by atoms with Gasteiger partial charge >= 0.3 is 0 Å². The Bertz CT molecular complexity index is 228. The highest BCUT2D eigenvalue weighted by molar-refractivity contribution is 4.94. The van der Waals surface area contributed by atoms with Crippen LogP contribution < -0.4 is 5.32 Å². The maximum Gasteiger partial charge on any atom is 0.0744 e. The van der Waals surface area contributed by atoms with Crippen molar-refractivity contribution < 1.29 is 9.47 Å². The molecule has 0 aliphatic carbocycles. The highest BCUT2D eigenvalue weighted by atomic mass is 16.5. The number of ether oxygens (including phenoxy) is 2. The van der Waals surface area contributed by atoms with Gasteiger partial charge < -0.3 is 14.8 Å². The molecule has 0 saturated carbocycles. The van der Waals surface area contributed by atoms with Crippen LogP contribution >= 0.6 is 0 Å². The third-order valence-electron chi connectivity index (χ3n) is 4.11. The summed E-state index contributed by atoms with van der Waals surface area (Å²) in [5, 5.41) is 3.40. The minimum Gasteiger partial charge on any atom is -0.378 e. The van der Waals surface area contributed by atoms with E-state index in [1.807, 2.05) is 0 Å². The highest BCUT2D eigenvalue weighted by Gasteiger charge is 2.42. The second kappa shape index (κ2) is 5.03. The van der Waals surface area contributed by atoms with Crippen LogP contribution in [0.4, 0.5) is 0 Å². The lowest BCUT2D eigenvalue weighted by Gasteiger charge is -2.46. The summed E-state index contributed by atoms with van der Waals surface area (Å²) in [4.78, 5) is 0. The molecule has 1 spiro atoms. The van der Waals surface area contributed by atoms with Gasteiger partial charge in [0.1, 0.15) is 0 Å². The van der Waals surface area contributed by atoms with Gasteiger partial charge in [-0.25, -0.2) is 0 Å². The minimum absolute atomic E-state index is 0.0963. The first-order chi connectivity index (χ1) is 7.65. The molecule has 94 valence electrons. The Labute approximate surface area is 98.9 Å². The number of hydrogen-bond donors (Lipinski definition) is 1. The van der Waals surface area contributed by atoms with Crippen molar-refractivity contribution in [2.75, 3.05) is 20.3 Å². The Morgan fingerprint density at radius 3 is 2.75 bits per heavy atom. The molecule has 3 heteroatoms. The van der Waals surface area contributed by atoms with E-state index in [1.54, 1.807) is 0 Å². The molecule has 3 atom stereocenters. The van der Waals surface area contributed by atoms with Crippen LogP contribution in [0.5, 0.6) is 0 Å². The van der Waals surface area contributed by atoms with Crippen LogP contribution in [0.15, 0.2) is 0 Å². The average molecular weight is 227 g/mol. The van der Waals surface area contributed by atoms with E-state index in [1.165, 1.54) is 0 Å². The summed E-state index contributed by atoms with van der Waals surface area (Å²) < 4.78 is 11.9. The van der Waals surface area contributed by atoms with Crippen LogP contribution in [0, 0.1) is 5.92 Å². The lowest BCUT2D eigenvalue weighted by Crippen LogP contribution is -2.51. The molecule has 0 amide bonds. The molecule has 3 nitrogen and oxygen atoms in total. The molecule has 0 aromatic carbocycles. The highest BCUT2D eigenvalue weighted by Crippen LogP contribution is 2.38. The molecule has 2 saturated heterocycles. The molecule has 16 heavy (non-hydrogen) atoms. The summed E-state index contributed by atoms with van der Waals surface area (Å²) in [6.07, 6.45) is 4.81. The molecule has 0 aromatic heterocycles. The van der Waals surface area contributed by atoms with Crippen LogP contribution in [0.25, 0.3) is 0 Å². The van der Waals surface area contributed by atoms with Crippen LogP contribution in [0.1, 0.15) is 39.5 Å². The fourth-order valence-corrected chi connectivity index (χ4v) is 2.94. The molecule has 1 N–H and O–H groups in total. The third kappa shape index (κ3) is 2.58. The van der Waals surface area contributed by atoms with Gasteiger partial charge in [-0.15, -0.1) is 0 Å². The molecule has 0 bridgehead atoms. The minimum atomic E-state index is 0.0963. The Hall–Kier alpha value is -0.120. The van der Waals surface area contributed by atoms with Crippen molar-refractivity contribution in [1.29, 1.82) is 0 Å². The third-order valence-corrected chi connectivity index (χ3v) is 4.11. The van der Waals surface area contributed by atoms with E-state index in [4.69, 9.17) is 9.47 Å². The number of hydrogen-bond acceptors (Lipinski definition) is 3. The summed E-state index contributed by atoms with van der Waals surface area (Å²) in [5.74, 6) is 0.593. The summed E-state index contributed by atoms with van der Waals surface area (Å²) in [6.45, 7) is 6.24.